The van der Waals surface area contributed by atoms with Crippen LogP contribution in [0.5, 0.6) is 0 Å². The molecule has 1 aromatic carbocycles. The maximum atomic E-state index is 11.8. The standard InChI is InChI=1S/C19H15N7O2/c1-12-7-8-15(21-10-12)25-19-17(26(27)28)18(22-11-23-19)24-14-6-2-4-13-5-3-9-20-16(13)14/h2-11H,1H3,(H2,21,22,23,24,25). The smallest absolute Gasteiger partial charge is 0.332 e. The molecular formula is C19H15N7O2. The molecule has 9 nitrogen and oxygen atoms in total. The number of para-hydroxylation sites is 1. The van der Waals surface area contributed by atoms with E-state index in [1.54, 1.807) is 24.5 Å². The number of nitrogens with one attached hydrogen (secondary N) is 2. The Labute approximate surface area is 159 Å². The van der Waals surface area contributed by atoms with E-state index in [9.17, 15) is 10.1 Å². The molecule has 0 saturated carbocycles. The summed E-state index contributed by atoms with van der Waals surface area (Å²) in [7, 11) is 0. The molecule has 0 radical (unpaired) electrons. The Balaban J connectivity index is 1.74. The van der Waals surface area contributed by atoms with Crippen molar-refractivity contribution in [3.8, 4) is 0 Å². The summed E-state index contributed by atoms with van der Waals surface area (Å²) in [5.41, 5.74) is 2.00. The summed E-state index contributed by atoms with van der Waals surface area (Å²) in [6, 6.07) is 12.9. The van der Waals surface area contributed by atoms with E-state index >= 15 is 0 Å². The second-order valence-electron chi connectivity index (χ2n) is 6.03. The van der Waals surface area contributed by atoms with Crippen molar-refractivity contribution in [1.29, 1.82) is 0 Å². The van der Waals surface area contributed by atoms with Crippen LogP contribution >= 0.6 is 0 Å². The number of hydrogen-bond acceptors (Lipinski definition) is 8. The van der Waals surface area contributed by atoms with E-state index in [1.165, 1.54) is 6.33 Å². The Morgan fingerprint density at radius 2 is 1.71 bits per heavy atom. The summed E-state index contributed by atoms with van der Waals surface area (Å²) >= 11 is 0. The molecule has 9 heteroatoms. The van der Waals surface area contributed by atoms with Crippen molar-refractivity contribution in [2.75, 3.05) is 10.6 Å². The molecule has 138 valence electrons. The number of hydrogen-bond donors (Lipinski definition) is 2. The molecule has 0 saturated heterocycles. The number of benzene rings is 1. The predicted molar refractivity (Wildman–Crippen MR) is 106 cm³/mol. The number of anilines is 4. The van der Waals surface area contributed by atoms with Crippen molar-refractivity contribution in [3.63, 3.8) is 0 Å². The second-order valence-corrected chi connectivity index (χ2v) is 6.03. The van der Waals surface area contributed by atoms with E-state index in [4.69, 9.17) is 0 Å². The lowest BCUT2D eigenvalue weighted by Crippen LogP contribution is -2.06. The van der Waals surface area contributed by atoms with Gasteiger partial charge in [0.1, 0.15) is 12.1 Å². The van der Waals surface area contributed by atoms with Gasteiger partial charge in [-0.2, -0.15) is 0 Å². The van der Waals surface area contributed by atoms with Gasteiger partial charge in [-0.3, -0.25) is 15.1 Å². The fourth-order valence-electron chi connectivity index (χ4n) is 2.73. The molecular weight excluding hydrogens is 358 g/mol. The van der Waals surface area contributed by atoms with Crippen molar-refractivity contribution in [3.05, 3.63) is 76.9 Å². The van der Waals surface area contributed by atoms with Crippen LogP contribution in [0.4, 0.5) is 28.8 Å². The largest absolute Gasteiger partial charge is 0.353 e. The molecule has 0 unspecified atom stereocenters. The fourth-order valence-corrected chi connectivity index (χ4v) is 2.73. The van der Waals surface area contributed by atoms with Gasteiger partial charge in [-0.25, -0.2) is 15.0 Å². The van der Waals surface area contributed by atoms with Gasteiger partial charge in [-0.05, 0) is 30.7 Å². The van der Waals surface area contributed by atoms with Crippen LogP contribution in [0, 0.1) is 17.0 Å². The minimum atomic E-state index is -0.530. The van der Waals surface area contributed by atoms with Gasteiger partial charge in [0, 0.05) is 17.8 Å². The molecule has 0 aliphatic rings. The van der Waals surface area contributed by atoms with Crippen LogP contribution in [0.15, 0.2) is 61.2 Å². The molecule has 4 aromatic rings. The first-order chi connectivity index (χ1) is 13.6. The molecule has 0 aliphatic heterocycles. The summed E-state index contributed by atoms with van der Waals surface area (Å²) in [6.45, 7) is 1.91. The Morgan fingerprint density at radius 3 is 2.46 bits per heavy atom. The zero-order chi connectivity index (χ0) is 19.5. The highest BCUT2D eigenvalue weighted by atomic mass is 16.6. The van der Waals surface area contributed by atoms with Gasteiger partial charge in [0.15, 0.2) is 0 Å². The summed E-state index contributed by atoms with van der Waals surface area (Å²) < 4.78 is 0. The van der Waals surface area contributed by atoms with Crippen molar-refractivity contribution >= 4 is 39.7 Å². The van der Waals surface area contributed by atoms with Gasteiger partial charge in [-0.1, -0.05) is 24.3 Å². The molecule has 3 aromatic heterocycles. The maximum Gasteiger partial charge on any atom is 0.353 e. The second kappa shape index (κ2) is 7.23. The van der Waals surface area contributed by atoms with Crippen LogP contribution in [0.2, 0.25) is 0 Å². The zero-order valence-electron chi connectivity index (χ0n) is 14.8. The number of nitrogens with zero attached hydrogens (tertiary/aromatic N) is 5. The van der Waals surface area contributed by atoms with Gasteiger partial charge in [0.25, 0.3) is 0 Å². The van der Waals surface area contributed by atoms with Crippen LogP contribution in [-0.4, -0.2) is 24.9 Å². The van der Waals surface area contributed by atoms with E-state index < -0.39 is 4.92 Å². The molecule has 0 atom stereocenters. The average Bonchev–Trinajstić information content (AvgIpc) is 2.70. The van der Waals surface area contributed by atoms with E-state index in [1.807, 2.05) is 37.3 Å². The number of nitro groups is 1. The molecule has 4 rings (SSSR count). The number of pyridine rings is 2. The van der Waals surface area contributed by atoms with Crippen LogP contribution in [-0.2, 0) is 0 Å². The van der Waals surface area contributed by atoms with Crippen molar-refractivity contribution in [1.82, 2.24) is 19.9 Å². The van der Waals surface area contributed by atoms with Crippen molar-refractivity contribution < 1.29 is 4.92 Å². The molecule has 0 aliphatic carbocycles. The van der Waals surface area contributed by atoms with Crippen LogP contribution in [0.1, 0.15) is 5.56 Å². The SMILES string of the molecule is Cc1ccc(Nc2ncnc(Nc3cccc4cccnc34)c2[N+](=O)[O-])nc1. The Bertz CT molecular complexity index is 1160. The quantitative estimate of drug-likeness (QED) is 0.396. The third-order valence-corrected chi connectivity index (χ3v) is 4.05. The van der Waals surface area contributed by atoms with E-state index in [0.717, 1.165) is 10.9 Å². The zero-order valence-corrected chi connectivity index (χ0v) is 14.8. The minimum Gasteiger partial charge on any atom is -0.332 e. The molecule has 28 heavy (non-hydrogen) atoms. The van der Waals surface area contributed by atoms with Gasteiger partial charge < -0.3 is 10.6 Å². The summed E-state index contributed by atoms with van der Waals surface area (Å²) in [5, 5.41) is 18.6. The van der Waals surface area contributed by atoms with Gasteiger partial charge in [0.05, 0.1) is 16.1 Å². The van der Waals surface area contributed by atoms with E-state index in [2.05, 4.69) is 30.6 Å². The number of aromatic nitrogens is 4. The summed E-state index contributed by atoms with van der Waals surface area (Å²) in [5.74, 6) is 0.560. The van der Waals surface area contributed by atoms with Gasteiger partial charge in [0.2, 0.25) is 11.6 Å². The highest BCUT2D eigenvalue weighted by molar-refractivity contribution is 5.92. The van der Waals surface area contributed by atoms with Crippen molar-refractivity contribution in [2.45, 2.75) is 6.92 Å². The van der Waals surface area contributed by atoms with Gasteiger partial charge >= 0.3 is 5.69 Å². The number of aryl methyl sites for hydroxylation is 1. The highest BCUT2D eigenvalue weighted by Gasteiger charge is 2.24. The third-order valence-electron chi connectivity index (χ3n) is 4.05. The first-order valence-corrected chi connectivity index (χ1v) is 8.41. The topological polar surface area (TPSA) is 119 Å². The lowest BCUT2D eigenvalue weighted by atomic mass is 10.2. The Kier molecular flexibility index (Phi) is 4.47. The highest BCUT2D eigenvalue weighted by Crippen LogP contribution is 2.34. The molecule has 0 bridgehead atoms. The van der Waals surface area contributed by atoms with E-state index in [0.29, 0.717) is 17.0 Å². The van der Waals surface area contributed by atoms with Crippen molar-refractivity contribution in [2.24, 2.45) is 0 Å². The molecule has 0 fully saturated rings. The molecule has 2 N–H and O–H groups in total. The average molecular weight is 373 g/mol. The monoisotopic (exact) mass is 373 g/mol. The normalized spacial score (nSPS) is 10.6. The summed E-state index contributed by atoms with van der Waals surface area (Å²) in [6.07, 6.45) is 4.58. The van der Waals surface area contributed by atoms with Crippen LogP contribution in [0.25, 0.3) is 10.9 Å². The number of rotatable bonds is 5. The van der Waals surface area contributed by atoms with E-state index in [-0.39, 0.29) is 17.3 Å². The Morgan fingerprint density at radius 1 is 0.929 bits per heavy atom. The lowest BCUT2D eigenvalue weighted by Gasteiger charge is -2.11. The maximum absolute atomic E-state index is 11.8. The number of fused-ring (bicyclic) bond motifs is 1. The van der Waals surface area contributed by atoms with Crippen LogP contribution < -0.4 is 10.6 Å². The summed E-state index contributed by atoms with van der Waals surface area (Å²) in [4.78, 5) is 27.9. The van der Waals surface area contributed by atoms with Crippen LogP contribution in [0.3, 0.4) is 0 Å². The molecule has 0 spiro atoms. The first-order valence-electron chi connectivity index (χ1n) is 8.41. The Hall–Kier alpha value is -4.14. The molecule has 3 heterocycles. The van der Waals surface area contributed by atoms with Gasteiger partial charge in [-0.15, -0.1) is 0 Å². The fraction of sp³-hybridized carbons (Fsp3) is 0.0526. The first kappa shape index (κ1) is 17.3. The third kappa shape index (κ3) is 3.40. The predicted octanol–water partition coefficient (Wildman–Crippen LogP) is 4.12. The minimum absolute atomic E-state index is 0.0482. The lowest BCUT2D eigenvalue weighted by molar-refractivity contribution is -0.383. The molecule has 0 amide bonds.